The van der Waals surface area contributed by atoms with Crippen molar-refractivity contribution in [2.24, 2.45) is 0 Å². The first kappa shape index (κ1) is 10.4. The molecule has 0 saturated heterocycles. The minimum absolute atomic E-state index is 0.0435. The minimum atomic E-state index is -1.94. The summed E-state index contributed by atoms with van der Waals surface area (Å²) in [6.07, 6.45) is -1.64. The highest BCUT2D eigenvalue weighted by Crippen LogP contribution is 1.82. The van der Waals surface area contributed by atoms with Crippen molar-refractivity contribution >= 4 is 12.1 Å². The van der Waals surface area contributed by atoms with Crippen LogP contribution in [0.5, 0.6) is 0 Å². The zero-order valence-corrected chi connectivity index (χ0v) is 6.19. The zero-order chi connectivity index (χ0) is 9.56. The maximum absolute atomic E-state index is 10.5. The van der Waals surface area contributed by atoms with Crippen molar-refractivity contribution in [2.45, 2.75) is 6.23 Å². The van der Waals surface area contributed by atoms with Crippen LogP contribution in [0.25, 0.3) is 0 Å². The number of amides is 1. The Morgan fingerprint density at radius 1 is 1.67 bits per heavy atom. The number of carboxylic acids is 1. The van der Waals surface area contributed by atoms with E-state index in [4.69, 9.17) is 10.2 Å². The SMILES string of the molecule is C=CCOC(=O)N[C@@H](O)C(=O)O. The lowest BCUT2D eigenvalue weighted by Crippen LogP contribution is -2.40. The van der Waals surface area contributed by atoms with Crippen molar-refractivity contribution in [3.63, 3.8) is 0 Å². The molecular weight excluding hydrogens is 166 g/mol. The normalized spacial score (nSPS) is 11.4. The van der Waals surface area contributed by atoms with Gasteiger partial charge in [0.1, 0.15) is 6.61 Å². The highest BCUT2D eigenvalue weighted by molar-refractivity contribution is 5.78. The first-order valence-electron chi connectivity index (χ1n) is 3.03. The molecule has 0 aliphatic rings. The van der Waals surface area contributed by atoms with Crippen molar-refractivity contribution in [3.8, 4) is 0 Å². The Balaban J connectivity index is 3.68. The van der Waals surface area contributed by atoms with Gasteiger partial charge in [0.2, 0.25) is 6.23 Å². The number of aliphatic hydroxyl groups is 1. The molecule has 6 nitrogen and oxygen atoms in total. The van der Waals surface area contributed by atoms with Crippen LogP contribution in [0.3, 0.4) is 0 Å². The van der Waals surface area contributed by atoms with Gasteiger partial charge >= 0.3 is 12.1 Å². The van der Waals surface area contributed by atoms with E-state index in [9.17, 15) is 9.59 Å². The minimum Gasteiger partial charge on any atom is -0.478 e. The number of ether oxygens (including phenoxy) is 1. The fourth-order valence-corrected chi connectivity index (χ4v) is 0.350. The van der Waals surface area contributed by atoms with Crippen LogP contribution in [0.2, 0.25) is 0 Å². The number of carbonyl (C=O) groups excluding carboxylic acids is 1. The van der Waals surface area contributed by atoms with Gasteiger partial charge in [-0.2, -0.15) is 0 Å². The molecule has 3 N–H and O–H groups in total. The van der Waals surface area contributed by atoms with E-state index in [1.807, 2.05) is 0 Å². The summed E-state index contributed by atoms with van der Waals surface area (Å²) < 4.78 is 4.32. The van der Waals surface area contributed by atoms with Crippen LogP contribution in [0.4, 0.5) is 4.79 Å². The fraction of sp³-hybridized carbons (Fsp3) is 0.333. The quantitative estimate of drug-likeness (QED) is 0.388. The van der Waals surface area contributed by atoms with Crippen LogP contribution in [-0.4, -0.2) is 35.1 Å². The molecule has 1 amide bonds. The van der Waals surface area contributed by atoms with E-state index in [-0.39, 0.29) is 6.61 Å². The lowest BCUT2D eigenvalue weighted by molar-refractivity contribution is -0.148. The molecule has 0 aromatic carbocycles. The second-order valence-electron chi connectivity index (χ2n) is 1.77. The number of alkyl carbamates (subject to hydrolysis) is 1. The molecule has 0 saturated carbocycles. The third-order valence-electron chi connectivity index (χ3n) is 0.821. The number of nitrogens with one attached hydrogen (secondary N) is 1. The van der Waals surface area contributed by atoms with Crippen molar-refractivity contribution in [1.29, 1.82) is 0 Å². The molecule has 1 atom stereocenters. The van der Waals surface area contributed by atoms with Gasteiger partial charge in [-0.25, -0.2) is 9.59 Å². The van der Waals surface area contributed by atoms with Crippen LogP contribution in [0.1, 0.15) is 0 Å². The predicted octanol–water partition coefficient (Wildman–Crippen LogP) is -0.698. The van der Waals surface area contributed by atoms with Crippen molar-refractivity contribution < 1.29 is 24.5 Å². The van der Waals surface area contributed by atoms with Crippen LogP contribution >= 0.6 is 0 Å². The van der Waals surface area contributed by atoms with Crippen LogP contribution in [0, 0.1) is 0 Å². The van der Waals surface area contributed by atoms with Gasteiger partial charge in [0, 0.05) is 0 Å². The van der Waals surface area contributed by atoms with Gasteiger partial charge in [0.25, 0.3) is 0 Å². The maximum atomic E-state index is 10.5. The summed E-state index contributed by atoms with van der Waals surface area (Å²) in [5, 5.41) is 18.3. The first-order chi connectivity index (χ1) is 5.57. The second-order valence-corrected chi connectivity index (χ2v) is 1.77. The molecule has 12 heavy (non-hydrogen) atoms. The number of aliphatic carboxylic acids is 1. The second kappa shape index (κ2) is 5.14. The Hall–Kier alpha value is -1.56. The van der Waals surface area contributed by atoms with Gasteiger partial charge in [-0.1, -0.05) is 12.7 Å². The Morgan fingerprint density at radius 2 is 2.25 bits per heavy atom. The highest BCUT2D eigenvalue weighted by Gasteiger charge is 2.15. The van der Waals surface area contributed by atoms with Gasteiger partial charge < -0.3 is 14.9 Å². The van der Waals surface area contributed by atoms with E-state index >= 15 is 0 Å². The van der Waals surface area contributed by atoms with Gasteiger partial charge in [-0.3, -0.25) is 5.32 Å². The number of rotatable bonds is 4. The standard InChI is InChI=1S/C6H9NO5/c1-2-3-12-6(11)7-4(8)5(9)10/h2,4,8H,1,3H2,(H,7,11)(H,9,10)/t4-/m0/s1. The molecule has 0 unspecified atom stereocenters. The number of hydrogen-bond acceptors (Lipinski definition) is 4. The zero-order valence-electron chi connectivity index (χ0n) is 6.19. The molecule has 0 spiro atoms. The van der Waals surface area contributed by atoms with E-state index < -0.39 is 18.3 Å². The summed E-state index contributed by atoms with van der Waals surface area (Å²) in [5.41, 5.74) is 0. The van der Waals surface area contributed by atoms with Gasteiger partial charge in [0.15, 0.2) is 0 Å². The Labute approximate surface area is 68.4 Å². The van der Waals surface area contributed by atoms with Crippen LogP contribution < -0.4 is 5.32 Å². The molecule has 6 heteroatoms. The molecule has 0 bridgehead atoms. The lowest BCUT2D eigenvalue weighted by Gasteiger charge is -2.07. The summed E-state index contributed by atoms with van der Waals surface area (Å²) in [6, 6.07) is 0. The molecule has 0 aromatic heterocycles. The largest absolute Gasteiger partial charge is 0.478 e. The third-order valence-corrected chi connectivity index (χ3v) is 0.821. The topological polar surface area (TPSA) is 95.9 Å². The van der Waals surface area contributed by atoms with Gasteiger partial charge in [-0.05, 0) is 0 Å². The maximum Gasteiger partial charge on any atom is 0.409 e. The van der Waals surface area contributed by atoms with Crippen molar-refractivity contribution in [2.75, 3.05) is 6.61 Å². The number of carbonyl (C=O) groups is 2. The molecule has 68 valence electrons. The average Bonchev–Trinajstić information content (AvgIpc) is 2.00. The van der Waals surface area contributed by atoms with Gasteiger partial charge in [0.05, 0.1) is 0 Å². The molecule has 0 aliphatic heterocycles. The molecule has 0 aromatic rings. The van der Waals surface area contributed by atoms with E-state index in [2.05, 4.69) is 11.3 Å². The van der Waals surface area contributed by atoms with E-state index in [0.717, 1.165) is 0 Å². The number of carboxylic acid groups (broad SMARTS) is 1. The highest BCUT2D eigenvalue weighted by atomic mass is 16.6. The average molecular weight is 175 g/mol. The molecule has 0 heterocycles. The predicted molar refractivity (Wildman–Crippen MR) is 38.3 cm³/mol. The molecule has 0 fully saturated rings. The summed E-state index contributed by atoms with van der Waals surface area (Å²) in [7, 11) is 0. The molecule has 0 aliphatic carbocycles. The van der Waals surface area contributed by atoms with Crippen LogP contribution in [-0.2, 0) is 9.53 Å². The Morgan fingerprint density at radius 3 is 2.67 bits per heavy atom. The van der Waals surface area contributed by atoms with Crippen molar-refractivity contribution in [1.82, 2.24) is 5.32 Å². The van der Waals surface area contributed by atoms with Crippen LogP contribution in [0.15, 0.2) is 12.7 Å². The number of hydrogen-bond donors (Lipinski definition) is 3. The summed E-state index contributed by atoms with van der Waals surface area (Å²) >= 11 is 0. The van der Waals surface area contributed by atoms with E-state index in [0.29, 0.717) is 0 Å². The summed E-state index contributed by atoms with van der Waals surface area (Å²) in [6.45, 7) is 3.22. The smallest absolute Gasteiger partial charge is 0.409 e. The Kier molecular flexibility index (Phi) is 4.47. The molecule has 0 rings (SSSR count). The number of aliphatic hydroxyl groups excluding tert-OH is 1. The molecular formula is C6H9NO5. The van der Waals surface area contributed by atoms with Crippen molar-refractivity contribution in [3.05, 3.63) is 12.7 Å². The molecule has 0 radical (unpaired) electrons. The lowest BCUT2D eigenvalue weighted by atomic mass is 10.6. The summed E-state index contributed by atoms with van der Waals surface area (Å²) in [5.74, 6) is -1.55. The third kappa shape index (κ3) is 4.29. The van der Waals surface area contributed by atoms with Gasteiger partial charge in [-0.15, -0.1) is 0 Å². The first-order valence-corrected chi connectivity index (χ1v) is 3.03. The monoisotopic (exact) mass is 175 g/mol. The van der Waals surface area contributed by atoms with E-state index in [1.165, 1.54) is 6.08 Å². The Bertz CT molecular complexity index is 190. The fourth-order valence-electron chi connectivity index (χ4n) is 0.350. The summed E-state index contributed by atoms with van der Waals surface area (Å²) in [4.78, 5) is 20.5. The van der Waals surface area contributed by atoms with E-state index in [1.54, 1.807) is 5.32 Å².